The second kappa shape index (κ2) is 6.79. The molecular formula is C17H20ClFN2O. The highest BCUT2D eigenvalue weighted by molar-refractivity contribution is 5.98. The van der Waals surface area contributed by atoms with E-state index >= 15 is 0 Å². The summed E-state index contributed by atoms with van der Waals surface area (Å²) in [6.45, 7) is 6.38. The molecule has 0 aliphatic heterocycles. The van der Waals surface area contributed by atoms with Gasteiger partial charge in [0, 0.05) is 0 Å². The van der Waals surface area contributed by atoms with Gasteiger partial charge in [-0.2, -0.15) is 0 Å². The molecule has 0 radical (unpaired) electrons. The molecule has 0 heterocycles. The van der Waals surface area contributed by atoms with Crippen LogP contribution in [0.25, 0.3) is 0 Å². The Kier molecular flexibility index (Phi) is 5.55. The van der Waals surface area contributed by atoms with E-state index in [1.54, 1.807) is 6.07 Å². The van der Waals surface area contributed by atoms with Crippen LogP contribution in [0.3, 0.4) is 0 Å². The van der Waals surface area contributed by atoms with Crippen molar-refractivity contribution >= 4 is 18.2 Å². The Morgan fingerprint density at radius 1 is 1.09 bits per heavy atom. The van der Waals surface area contributed by atoms with Gasteiger partial charge in [-0.1, -0.05) is 39.0 Å². The van der Waals surface area contributed by atoms with E-state index < -0.39 is 5.82 Å². The Bertz CT molecular complexity index is 663. The third-order valence-electron chi connectivity index (χ3n) is 3.19. The number of nitrogens with one attached hydrogen (secondary N) is 1. The SMILES string of the molecule is CC(C)(C)c1ccc(Oc2cccc(F)c2C(=N)N)cc1.Cl. The van der Waals surface area contributed by atoms with Crippen LogP contribution in [0.1, 0.15) is 31.9 Å². The van der Waals surface area contributed by atoms with Crippen molar-refractivity contribution in [3.63, 3.8) is 0 Å². The molecule has 0 unspecified atom stereocenters. The molecular weight excluding hydrogens is 303 g/mol. The fourth-order valence-electron chi connectivity index (χ4n) is 2.00. The Morgan fingerprint density at radius 3 is 2.18 bits per heavy atom. The number of ether oxygens (including phenoxy) is 1. The van der Waals surface area contributed by atoms with Gasteiger partial charge in [-0.3, -0.25) is 5.41 Å². The van der Waals surface area contributed by atoms with E-state index in [1.165, 1.54) is 17.7 Å². The van der Waals surface area contributed by atoms with Gasteiger partial charge in [-0.05, 0) is 35.2 Å². The first-order valence-corrected chi connectivity index (χ1v) is 6.70. The zero-order valence-corrected chi connectivity index (χ0v) is 13.6. The van der Waals surface area contributed by atoms with Crippen LogP contribution in [0.15, 0.2) is 42.5 Å². The summed E-state index contributed by atoms with van der Waals surface area (Å²) in [5.41, 5.74) is 6.64. The van der Waals surface area contributed by atoms with Crippen LogP contribution in [0, 0.1) is 11.2 Å². The van der Waals surface area contributed by atoms with E-state index in [9.17, 15) is 4.39 Å². The third-order valence-corrected chi connectivity index (χ3v) is 3.19. The minimum absolute atomic E-state index is 0. The number of hydrogen-bond acceptors (Lipinski definition) is 2. The van der Waals surface area contributed by atoms with Crippen molar-refractivity contribution in [3.8, 4) is 11.5 Å². The second-order valence-corrected chi connectivity index (χ2v) is 5.90. The van der Waals surface area contributed by atoms with E-state index in [-0.39, 0.29) is 35.0 Å². The largest absolute Gasteiger partial charge is 0.456 e. The molecule has 22 heavy (non-hydrogen) atoms. The highest BCUT2D eigenvalue weighted by Crippen LogP contribution is 2.29. The fraction of sp³-hybridized carbons (Fsp3) is 0.235. The fourth-order valence-corrected chi connectivity index (χ4v) is 2.00. The number of amidine groups is 1. The number of hydrogen-bond donors (Lipinski definition) is 2. The van der Waals surface area contributed by atoms with Crippen molar-refractivity contribution in [3.05, 3.63) is 59.4 Å². The van der Waals surface area contributed by atoms with Crippen LogP contribution in [0.5, 0.6) is 11.5 Å². The van der Waals surface area contributed by atoms with Gasteiger partial charge in [-0.15, -0.1) is 12.4 Å². The summed E-state index contributed by atoms with van der Waals surface area (Å²) in [7, 11) is 0. The first kappa shape index (κ1) is 18.0. The van der Waals surface area contributed by atoms with Gasteiger partial charge < -0.3 is 10.5 Å². The first-order chi connectivity index (χ1) is 9.79. The Hall–Kier alpha value is -2.07. The smallest absolute Gasteiger partial charge is 0.141 e. The van der Waals surface area contributed by atoms with E-state index in [2.05, 4.69) is 20.8 Å². The molecule has 0 spiro atoms. The maximum absolute atomic E-state index is 13.7. The molecule has 2 rings (SSSR count). The lowest BCUT2D eigenvalue weighted by Crippen LogP contribution is -2.14. The molecule has 2 aromatic carbocycles. The Labute approximate surface area is 136 Å². The number of nitrogen functional groups attached to an aromatic ring is 1. The number of rotatable bonds is 3. The molecule has 0 fully saturated rings. The predicted octanol–water partition coefficient (Wildman–Crippen LogP) is 4.62. The molecule has 0 aliphatic carbocycles. The molecule has 2 aromatic rings. The van der Waals surface area contributed by atoms with E-state index in [0.29, 0.717) is 5.75 Å². The van der Waals surface area contributed by atoms with E-state index in [0.717, 1.165) is 0 Å². The molecule has 0 atom stereocenters. The molecule has 0 aliphatic rings. The van der Waals surface area contributed by atoms with Gasteiger partial charge in [0.2, 0.25) is 0 Å². The Balaban J connectivity index is 0.00000242. The monoisotopic (exact) mass is 322 g/mol. The first-order valence-electron chi connectivity index (χ1n) is 6.70. The predicted molar refractivity (Wildman–Crippen MR) is 89.9 cm³/mol. The molecule has 3 nitrogen and oxygen atoms in total. The average Bonchev–Trinajstić information content (AvgIpc) is 2.38. The minimum Gasteiger partial charge on any atom is -0.456 e. The summed E-state index contributed by atoms with van der Waals surface area (Å²) >= 11 is 0. The molecule has 0 bridgehead atoms. The maximum Gasteiger partial charge on any atom is 0.141 e. The molecule has 3 N–H and O–H groups in total. The molecule has 0 aromatic heterocycles. The number of benzene rings is 2. The summed E-state index contributed by atoms with van der Waals surface area (Å²) in [5, 5.41) is 7.46. The third kappa shape index (κ3) is 3.98. The standard InChI is InChI=1S/C17H19FN2O.ClH/c1-17(2,3)11-7-9-12(10-8-11)21-14-6-4-5-13(18)15(14)16(19)20;/h4-10H,1-3H3,(H3,19,20);1H. The quantitative estimate of drug-likeness (QED) is 0.639. The highest BCUT2D eigenvalue weighted by atomic mass is 35.5. The maximum atomic E-state index is 13.7. The van der Waals surface area contributed by atoms with Crippen molar-refractivity contribution in [2.24, 2.45) is 5.73 Å². The van der Waals surface area contributed by atoms with Gasteiger partial charge in [0.1, 0.15) is 23.2 Å². The van der Waals surface area contributed by atoms with Crippen LogP contribution in [-0.4, -0.2) is 5.84 Å². The molecule has 0 saturated heterocycles. The zero-order valence-electron chi connectivity index (χ0n) is 12.8. The topological polar surface area (TPSA) is 59.1 Å². The summed E-state index contributed by atoms with van der Waals surface area (Å²) in [5.74, 6) is -0.0946. The number of halogens is 2. The van der Waals surface area contributed by atoms with Gasteiger partial charge in [0.15, 0.2) is 0 Å². The Morgan fingerprint density at radius 2 is 1.68 bits per heavy atom. The molecule has 118 valence electrons. The van der Waals surface area contributed by atoms with Crippen LogP contribution in [-0.2, 0) is 5.41 Å². The molecule has 5 heteroatoms. The van der Waals surface area contributed by atoms with Crippen LogP contribution >= 0.6 is 12.4 Å². The van der Waals surface area contributed by atoms with Crippen LogP contribution in [0.4, 0.5) is 4.39 Å². The highest BCUT2D eigenvalue weighted by Gasteiger charge is 2.15. The van der Waals surface area contributed by atoms with Crippen molar-refractivity contribution in [2.75, 3.05) is 0 Å². The summed E-state index contributed by atoms with van der Waals surface area (Å²) in [4.78, 5) is 0. The van der Waals surface area contributed by atoms with Crippen molar-refractivity contribution in [2.45, 2.75) is 26.2 Å². The summed E-state index contributed by atoms with van der Waals surface area (Å²) < 4.78 is 19.4. The van der Waals surface area contributed by atoms with E-state index in [1.807, 2.05) is 24.3 Å². The summed E-state index contributed by atoms with van der Waals surface area (Å²) in [6, 6.07) is 12.0. The lowest BCUT2D eigenvalue weighted by atomic mass is 9.87. The van der Waals surface area contributed by atoms with Crippen LogP contribution < -0.4 is 10.5 Å². The molecule has 0 saturated carbocycles. The van der Waals surface area contributed by atoms with Gasteiger partial charge >= 0.3 is 0 Å². The van der Waals surface area contributed by atoms with Crippen molar-refractivity contribution < 1.29 is 9.13 Å². The van der Waals surface area contributed by atoms with Crippen molar-refractivity contribution in [1.82, 2.24) is 0 Å². The number of nitrogens with two attached hydrogens (primary N) is 1. The van der Waals surface area contributed by atoms with Gasteiger partial charge in [0.05, 0.1) is 5.56 Å². The second-order valence-electron chi connectivity index (χ2n) is 5.90. The van der Waals surface area contributed by atoms with E-state index in [4.69, 9.17) is 15.9 Å². The van der Waals surface area contributed by atoms with Gasteiger partial charge in [-0.25, -0.2) is 4.39 Å². The van der Waals surface area contributed by atoms with Crippen LogP contribution in [0.2, 0.25) is 0 Å². The zero-order chi connectivity index (χ0) is 15.6. The lowest BCUT2D eigenvalue weighted by molar-refractivity contribution is 0.474. The van der Waals surface area contributed by atoms with Crippen molar-refractivity contribution in [1.29, 1.82) is 5.41 Å². The van der Waals surface area contributed by atoms with Gasteiger partial charge in [0.25, 0.3) is 0 Å². The molecule has 0 amide bonds. The minimum atomic E-state index is -0.564. The average molecular weight is 323 g/mol. The summed E-state index contributed by atoms with van der Waals surface area (Å²) in [6.07, 6.45) is 0. The lowest BCUT2D eigenvalue weighted by Gasteiger charge is -2.19. The normalized spacial score (nSPS) is 10.7.